The maximum Gasteiger partial charge on any atom is 0.271 e. The summed E-state index contributed by atoms with van der Waals surface area (Å²) in [4.78, 5) is 19.4. The molecule has 3 aromatic carbocycles. The van der Waals surface area contributed by atoms with Crippen LogP contribution in [0.5, 0.6) is 5.75 Å². The van der Waals surface area contributed by atoms with E-state index in [1.807, 2.05) is 47.0 Å². The molecule has 0 aliphatic carbocycles. The highest BCUT2D eigenvalue weighted by Crippen LogP contribution is 2.35. The summed E-state index contributed by atoms with van der Waals surface area (Å²) in [5.41, 5.74) is 8.27. The number of halogens is 1. The fourth-order valence-electron chi connectivity index (χ4n) is 4.71. The third-order valence-corrected chi connectivity index (χ3v) is 8.02. The van der Waals surface area contributed by atoms with Crippen LogP contribution < -0.4 is 19.6 Å². The quantitative estimate of drug-likeness (QED) is 0.340. The molecule has 4 nitrogen and oxygen atoms in total. The van der Waals surface area contributed by atoms with Crippen LogP contribution in [0.15, 0.2) is 70.5 Å². The minimum atomic E-state index is -0.295. The van der Waals surface area contributed by atoms with Crippen molar-refractivity contribution in [3.63, 3.8) is 0 Å². The van der Waals surface area contributed by atoms with Crippen LogP contribution in [-0.2, 0) is 0 Å². The van der Waals surface area contributed by atoms with E-state index in [-0.39, 0.29) is 11.6 Å². The van der Waals surface area contributed by atoms with Gasteiger partial charge in [-0.1, -0.05) is 64.9 Å². The first kappa shape index (κ1) is 24.3. The highest BCUT2D eigenvalue weighted by molar-refractivity contribution is 7.07. The average Bonchev–Trinajstić information content (AvgIpc) is 3.18. The Morgan fingerprint density at radius 1 is 1.00 bits per heavy atom. The van der Waals surface area contributed by atoms with Gasteiger partial charge in [0.1, 0.15) is 5.75 Å². The predicted molar refractivity (Wildman–Crippen MR) is 149 cm³/mol. The molecular formula is C30H27ClN2O2S. The summed E-state index contributed by atoms with van der Waals surface area (Å²) in [5, 5.41) is 0.673. The molecular weight excluding hydrogens is 488 g/mol. The van der Waals surface area contributed by atoms with Gasteiger partial charge in [-0.25, -0.2) is 4.99 Å². The fraction of sp³-hybridized carbons (Fsp3) is 0.200. The maximum absolute atomic E-state index is 13.8. The number of hydrogen-bond acceptors (Lipinski definition) is 4. The Labute approximate surface area is 219 Å². The summed E-state index contributed by atoms with van der Waals surface area (Å²) in [5.74, 6) is 0.849. The van der Waals surface area contributed by atoms with Gasteiger partial charge in [0.2, 0.25) is 0 Å². The molecule has 1 atom stereocenters. The van der Waals surface area contributed by atoms with Gasteiger partial charge in [-0.3, -0.25) is 9.36 Å². The Hall–Kier alpha value is -3.41. The maximum atomic E-state index is 13.8. The number of aromatic nitrogens is 1. The molecule has 1 aliphatic rings. The second-order valence-corrected chi connectivity index (χ2v) is 10.6. The van der Waals surface area contributed by atoms with Crippen LogP contribution in [0.25, 0.3) is 11.8 Å². The molecule has 0 bridgehead atoms. The number of methoxy groups -OCH3 is 1. The number of aryl methyl sites for hydroxylation is 2. The number of fused-ring (bicyclic) bond motifs is 1. The first-order chi connectivity index (χ1) is 17.3. The van der Waals surface area contributed by atoms with Crippen molar-refractivity contribution in [1.29, 1.82) is 0 Å². The Kier molecular flexibility index (Phi) is 6.45. The van der Waals surface area contributed by atoms with Crippen LogP contribution >= 0.6 is 22.9 Å². The summed E-state index contributed by atoms with van der Waals surface area (Å²) < 4.78 is 8.09. The number of rotatable bonds is 4. The molecule has 0 fully saturated rings. The Morgan fingerprint density at radius 3 is 2.36 bits per heavy atom. The van der Waals surface area contributed by atoms with E-state index in [9.17, 15) is 4.79 Å². The van der Waals surface area contributed by atoms with Gasteiger partial charge in [-0.15, -0.1) is 0 Å². The molecule has 0 N–H and O–H groups in total. The van der Waals surface area contributed by atoms with Crippen LogP contribution in [0.4, 0.5) is 0 Å². The first-order valence-corrected chi connectivity index (χ1v) is 13.0. The van der Waals surface area contributed by atoms with Gasteiger partial charge in [0.15, 0.2) is 4.80 Å². The van der Waals surface area contributed by atoms with Crippen molar-refractivity contribution >= 4 is 34.7 Å². The summed E-state index contributed by atoms with van der Waals surface area (Å²) in [7, 11) is 1.69. The van der Waals surface area contributed by atoms with Gasteiger partial charge in [0.05, 0.1) is 23.4 Å². The van der Waals surface area contributed by atoms with Gasteiger partial charge < -0.3 is 4.74 Å². The molecule has 36 heavy (non-hydrogen) atoms. The lowest BCUT2D eigenvalue weighted by molar-refractivity contribution is 0.410. The number of hydrogen-bond donors (Lipinski definition) is 0. The molecule has 0 amide bonds. The molecule has 0 spiro atoms. The summed E-state index contributed by atoms with van der Waals surface area (Å²) >= 11 is 7.57. The number of benzene rings is 3. The molecule has 5 rings (SSSR count). The minimum Gasteiger partial charge on any atom is -0.496 e. The van der Waals surface area contributed by atoms with E-state index in [0.717, 1.165) is 44.8 Å². The van der Waals surface area contributed by atoms with Gasteiger partial charge >= 0.3 is 0 Å². The lowest BCUT2D eigenvalue weighted by Crippen LogP contribution is -2.36. The summed E-state index contributed by atoms with van der Waals surface area (Å²) in [6.07, 6.45) is 4.03. The van der Waals surface area contributed by atoms with Gasteiger partial charge in [0, 0.05) is 10.6 Å². The van der Waals surface area contributed by atoms with Crippen molar-refractivity contribution in [3.8, 4) is 5.75 Å². The predicted octanol–water partition coefficient (Wildman–Crippen LogP) is 5.90. The highest BCUT2D eigenvalue weighted by atomic mass is 35.5. The van der Waals surface area contributed by atoms with E-state index in [1.165, 1.54) is 16.9 Å². The number of thiazole rings is 1. The monoisotopic (exact) mass is 514 g/mol. The van der Waals surface area contributed by atoms with Crippen LogP contribution in [0, 0.1) is 27.7 Å². The van der Waals surface area contributed by atoms with Gasteiger partial charge in [-0.05, 0) is 85.9 Å². The van der Waals surface area contributed by atoms with Crippen LogP contribution in [-0.4, -0.2) is 11.7 Å². The minimum absolute atomic E-state index is 0.0389. The third-order valence-electron chi connectivity index (χ3n) is 6.79. The van der Waals surface area contributed by atoms with Gasteiger partial charge in [0.25, 0.3) is 5.56 Å². The fourth-order valence-corrected chi connectivity index (χ4v) is 5.86. The van der Waals surface area contributed by atoms with E-state index < -0.39 is 0 Å². The molecule has 1 unspecified atom stereocenters. The Balaban J connectivity index is 1.78. The van der Waals surface area contributed by atoms with Crippen molar-refractivity contribution in [2.45, 2.75) is 33.7 Å². The molecule has 0 saturated carbocycles. The molecule has 182 valence electrons. The van der Waals surface area contributed by atoms with Crippen molar-refractivity contribution in [2.75, 3.05) is 7.11 Å². The molecule has 0 radical (unpaired) electrons. The lowest BCUT2D eigenvalue weighted by atomic mass is 9.90. The smallest absolute Gasteiger partial charge is 0.271 e. The third kappa shape index (κ3) is 4.34. The zero-order valence-corrected chi connectivity index (χ0v) is 22.5. The molecule has 6 heteroatoms. The van der Waals surface area contributed by atoms with Crippen LogP contribution in [0.3, 0.4) is 0 Å². The van der Waals surface area contributed by atoms with Gasteiger partial charge in [-0.2, -0.15) is 0 Å². The number of ether oxygens (including phenoxy) is 1. The number of allylic oxidation sites excluding steroid dienone is 1. The molecule has 4 aromatic rings. The van der Waals surface area contributed by atoms with E-state index in [1.54, 1.807) is 7.11 Å². The molecule has 1 aromatic heterocycles. The topological polar surface area (TPSA) is 43.6 Å². The second-order valence-electron chi connectivity index (χ2n) is 9.15. The Morgan fingerprint density at radius 2 is 1.69 bits per heavy atom. The molecule has 1 aliphatic heterocycles. The van der Waals surface area contributed by atoms with E-state index in [4.69, 9.17) is 21.3 Å². The van der Waals surface area contributed by atoms with E-state index >= 15 is 0 Å². The zero-order valence-electron chi connectivity index (χ0n) is 20.9. The Bertz CT molecular complexity index is 1680. The van der Waals surface area contributed by atoms with Crippen LogP contribution in [0.1, 0.15) is 45.0 Å². The molecule has 0 saturated heterocycles. The van der Waals surface area contributed by atoms with Crippen molar-refractivity contribution < 1.29 is 4.74 Å². The van der Waals surface area contributed by atoms with E-state index in [2.05, 4.69) is 52.0 Å². The van der Waals surface area contributed by atoms with Crippen molar-refractivity contribution in [1.82, 2.24) is 4.57 Å². The second kappa shape index (κ2) is 9.57. The summed E-state index contributed by atoms with van der Waals surface area (Å²) in [6, 6.07) is 17.6. The zero-order chi connectivity index (χ0) is 25.6. The SMILES string of the molecule is COc1cc(C)c(C2C=C(c3ccc(Cl)cc3)N=c3s/c(=C\c4ccc(C)cc4)c(=O)n32)c(C)c1C. The largest absolute Gasteiger partial charge is 0.496 e. The number of nitrogens with zero attached hydrogens (tertiary/aromatic N) is 2. The molecule has 2 heterocycles. The standard InChI is InChI=1S/C30H27ClN2O2S/c1-17-6-8-21(9-7-17)15-27-29(34)33-25(28-18(2)14-26(35-5)19(3)20(28)4)16-24(32-30(33)36-27)22-10-12-23(31)13-11-22/h6-16,25H,1-5H3/b27-15-. The summed E-state index contributed by atoms with van der Waals surface area (Å²) in [6.45, 7) is 8.28. The lowest BCUT2D eigenvalue weighted by Gasteiger charge is -2.25. The van der Waals surface area contributed by atoms with Crippen molar-refractivity contribution in [3.05, 3.63) is 124 Å². The normalized spacial score (nSPS) is 15.3. The first-order valence-electron chi connectivity index (χ1n) is 11.8. The van der Waals surface area contributed by atoms with Crippen molar-refractivity contribution in [2.24, 2.45) is 4.99 Å². The highest BCUT2D eigenvalue weighted by Gasteiger charge is 2.26. The van der Waals surface area contributed by atoms with E-state index in [0.29, 0.717) is 14.4 Å². The van der Waals surface area contributed by atoms with Crippen LogP contribution in [0.2, 0.25) is 5.02 Å². The average molecular weight is 515 g/mol.